The first-order valence-corrected chi connectivity index (χ1v) is 17.4. The van der Waals surface area contributed by atoms with Crippen molar-refractivity contribution in [3.05, 3.63) is 59.6 Å². The number of anilines is 2. The second-order valence-electron chi connectivity index (χ2n) is 12.1. The number of aromatic carboxylic acids is 1. The normalized spacial score (nSPS) is 24.0. The van der Waals surface area contributed by atoms with Crippen molar-refractivity contribution < 1.29 is 23.1 Å². The highest BCUT2D eigenvalue weighted by Crippen LogP contribution is 2.42. The van der Waals surface area contributed by atoms with Crippen LogP contribution >= 0.6 is 11.3 Å². The van der Waals surface area contributed by atoms with Crippen LogP contribution in [0.2, 0.25) is 0 Å². The van der Waals surface area contributed by atoms with Gasteiger partial charge in [-0.3, -0.25) is 4.79 Å². The first-order chi connectivity index (χ1) is 20.6. The zero-order valence-electron chi connectivity index (χ0n) is 24.6. The number of nitrogens with zero attached hydrogens (tertiary/aromatic N) is 4. The number of carboxylic acid groups (broad SMARTS) is 1. The van der Waals surface area contributed by atoms with Crippen molar-refractivity contribution in [2.45, 2.75) is 81.8 Å². The number of thiophene rings is 1. The molecule has 3 aliphatic rings. The number of aromatic nitrogens is 1. The molecule has 0 spiro atoms. The number of amides is 1. The average molecular weight is 623 g/mol. The number of pyridine rings is 1. The van der Waals surface area contributed by atoms with E-state index in [1.807, 2.05) is 30.3 Å². The molecule has 2 saturated heterocycles. The molecule has 1 aliphatic carbocycles. The van der Waals surface area contributed by atoms with Gasteiger partial charge >= 0.3 is 5.97 Å². The Kier molecular flexibility index (Phi) is 8.32. The number of rotatable bonds is 7. The predicted octanol–water partition coefficient (Wildman–Crippen LogP) is 5.87. The Balaban J connectivity index is 1.33. The van der Waals surface area contributed by atoms with E-state index in [0.29, 0.717) is 17.8 Å². The van der Waals surface area contributed by atoms with E-state index in [1.165, 1.54) is 10.5 Å². The molecule has 1 aromatic carbocycles. The highest BCUT2D eigenvalue weighted by atomic mass is 32.2. The summed E-state index contributed by atoms with van der Waals surface area (Å²) in [5, 5.41) is 10.2. The van der Waals surface area contributed by atoms with Crippen LogP contribution in [0.4, 0.5) is 11.5 Å². The van der Waals surface area contributed by atoms with Crippen LogP contribution in [-0.4, -0.2) is 65.9 Å². The van der Waals surface area contributed by atoms with E-state index in [4.69, 9.17) is 0 Å². The molecule has 6 rings (SSSR count). The first kappa shape index (κ1) is 29.8. The lowest BCUT2D eigenvalue weighted by molar-refractivity contribution is -0.121. The lowest BCUT2D eigenvalue weighted by atomic mass is 9.82. The number of benzene rings is 1. The van der Waals surface area contributed by atoms with Gasteiger partial charge < -0.3 is 14.9 Å². The van der Waals surface area contributed by atoms with Gasteiger partial charge in [0.05, 0.1) is 18.3 Å². The van der Waals surface area contributed by atoms with Crippen molar-refractivity contribution in [3.63, 3.8) is 0 Å². The van der Waals surface area contributed by atoms with Crippen molar-refractivity contribution in [1.29, 1.82) is 0 Å². The summed E-state index contributed by atoms with van der Waals surface area (Å²) >= 11 is 1.14. The van der Waals surface area contributed by atoms with Crippen LogP contribution in [0.5, 0.6) is 0 Å². The largest absolute Gasteiger partial charge is 0.477 e. The van der Waals surface area contributed by atoms with Gasteiger partial charge in [-0.05, 0) is 69.2 Å². The third kappa shape index (κ3) is 5.70. The molecule has 4 heterocycles. The smallest absolute Gasteiger partial charge is 0.348 e. The summed E-state index contributed by atoms with van der Waals surface area (Å²) in [6.07, 6.45) is 8.37. The highest BCUT2D eigenvalue weighted by Gasteiger charge is 2.44. The highest BCUT2D eigenvalue weighted by molar-refractivity contribution is 7.89. The molecular formula is C32H38N4O5S2. The molecule has 3 atom stereocenters. The zero-order valence-corrected chi connectivity index (χ0v) is 26.2. The molecule has 1 saturated carbocycles. The van der Waals surface area contributed by atoms with Crippen LogP contribution < -0.4 is 9.80 Å². The van der Waals surface area contributed by atoms with Crippen LogP contribution in [0.15, 0.2) is 59.6 Å². The summed E-state index contributed by atoms with van der Waals surface area (Å²) < 4.78 is 29.2. The SMILES string of the molecule is C[C@@H]1CC[C@H](C)N1c1ccc(S(=O)(=O)N2CC(=O)N(c3cc(-c4ccccc4)sc3C(=O)O)[C@H](C3CCCCC3)C2)cn1. The minimum atomic E-state index is -4.01. The lowest BCUT2D eigenvalue weighted by Crippen LogP contribution is -2.60. The average Bonchev–Trinajstić information content (AvgIpc) is 3.61. The Hall–Kier alpha value is -3.28. The zero-order chi connectivity index (χ0) is 30.3. The summed E-state index contributed by atoms with van der Waals surface area (Å²) in [5.41, 5.74) is 1.23. The predicted molar refractivity (Wildman–Crippen MR) is 168 cm³/mol. The van der Waals surface area contributed by atoms with E-state index in [0.717, 1.165) is 72.5 Å². The fourth-order valence-electron chi connectivity index (χ4n) is 7.07. The van der Waals surface area contributed by atoms with Gasteiger partial charge in [-0.1, -0.05) is 49.6 Å². The number of carbonyl (C=O) groups is 2. The van der Waals surface area contributed by atoms with Gasteiger partial charge in [-0.25, -0.2) is 18.2 Å². The number of carboxylic acids is 1. The van der Waals surface area contributed by atoms with Gasteiger partial charge in [0.25, 0.3) is 0 Å². The maximum Gasteiger partial charge on any atom is 0.348 e. The molecule has 43 heavy (non-hydrogen) atoms. The second kappa shape index (κ2) is 12.0. The van der Waals surface area contributed by atoms with Gasteiger partial charge in [0.15, 0.2) is 0 Å². The maximum atomic E-state index is 14.0. The maximum absolute atomic E-state index is 14.0. The molecular weight excluding hydrogens is 585 g/mol. The number of carbonyl (C=O) groups excluding carboxylic acids is 1. The first-order valence-electron chi connectivity index (χ1n) is 15.1. The molecule has 2 aliphatic heterocycles. The number of hydrogen-bond donors (Lipinski definition) is 1. The van der Waals surface area contributed by atoms with Gasteiger partial charge in [0.2, 0.25) is 15.9 Å². The van der Waals surface area contributed by atoms with Crippen LogP contribution in [-0.2, 0) is 14.8 Å². The summed E-state index contributed by atoms with van der Waals surface area (Å²) in [6.45, 7) is 4.05. The van der Waals surface area contributed by atoms with Gasteiger partial charge in [0.1, 0.15) is 15.6 Å². The van der Waals surface area contributed by atoms with Crippen molar-refractivity contribution in [3.8, 4) is 10.4 Å². The molecule has 0 radical (unpaired) electrons. The Morgan fingerprint density at radius 3 is 2.30 bits per heavy atom. The van der Waals surface area contributed by atoms with Gasteiger partial charge in [0, 0.05) is 29.7 Å². The number of piperazine rings is 1. The molecule has 2 aromatic heterocycles. The Morgan fingerprint density at radius 2 is 1.67 bits per heavy atom. The Morgan fingerprint density at radius 1 is 0.977 bits per heavy atom. The molecule has 9 nitrogen and oxygen atoms in total. The van der Waals surface area contributed by atoms with Crippen molar-refractivity contribution in [2.24, 2.45) is 5.92 Å². The van der Waals surface area contributed by atoms with Crippen LogP contribution in [0, 0.1) is 5.92 Å². The minimum Gasteiger partial charge on any atom is -0.477 e. The standard InChI is InChI=1S/C32H38N4O5S2/c1-21-13-14-22(2)35(21)29-16-15-25(18-33-29)43(40,41)34-19-27(23-9-5-3-6-10-23)36(30(37)20-34)26-17-28(42-31(26)32(38)39)24-11-7-4-8-12-24/h4,7-8,11-12,15-18,21-23,27H,3,5-6,9-10,13-14,19-20H2,1-2H3,(H,38,39)/t21-,22+,27-/m0/s1. The van der Waals surface area contributed by atoms with Crippen LogP contribution in [0.25, 0.3) is 10.4 Å². The minimum absolute atomic E-state index is 0.0625. The topological polar surface area (TPSA) is 111 Å². The van der Waals surface area contributed by atoms with E-state index in [-0.39, 0.29) is 28.8 Å². The van der Waals surface area contributed by atoms with E-state index in [1.54, 1.807) is 23.1 Å². The summed E-state index contributed by atoms with van der Waals surface area (Å²) in [5.74, 6) is -0.684. The van der Waals surface area contributed by atoms with Crippen LogP contribution in [0.1, 0.15) is 68.5 Å². The lowest BCUT2D eigenvalue weighted by Gasteiger charge is -2.44. The van der Waals surface area contributed by atoms with Crippen molar-refractivity contribution in [1.82, 2.24) is 9.29 Å². The van der Waals surface area contributed by atoms with Gasteiger partial charge in [-0.2, -0.15) is 4.31 Å². The van der Waals surface area contributed by atoms with E-state index < -0.39 is 27.9 Å². The molecule has 228 valence electrons. The van der Waals surface area contributed by atoms with Gasteiger partial charge in [-0.15, -0.1) is 11.3 Å². The second-order valence-corrected chi connectivity index (χ2v) is 15.0. The summed E-state index contributed by atoms with van der Waals surface area (Å²) in [7, 11) is -4.01. The number of sulfonamides is 1. The Labute approximate surface area is 257 Å². The van der Waals surface area contributed by atoms with E-state index in [2.05, 4.69) is 23.7 Å². The summed E-state index contributed by atoms with van der Waals surface area (Å²) in [6, 6.07) is 14.8. The van der Waals surface area contributed by atoms with E-state index in [9.17, 15) is 23.1 Å². The summed E-state index contributed by atoms with van der Waals surface area (Å²) in [4.78, 5) is 35.7. The third-order valence-electron chi connectivity index (χ3n) is 9.30. The number of hydrogen-bond acceptors (Lipinski definition) is 7. The molecule has 0 unspecified atom stereocenters. The molecule has 0 bridgehead atoms. The van der Waals surface area contributed by atoms with Crippen LogP contribution in [0.3, 0.4) is 0 Å². The third-order valence-corrected chi connectivity index (χ3v) is 12.3. The molecule has 3 fully saturated rings. The molecule has 3 aromatic rings. The fraction of sp³-hybridized carbons (Fsp3) is 0.469. The quantitative estimate of drug-likeness (QED) is 0.351. The Bertz CT molecular complexity index is 1580. The molecule has 1 N–H and O–H groups in total. The molecule has 1 amide bonds. The fourth-order valence-corrected chi connectivity index (χ4v) is 9.42. The van der Waals surface area contributed by atoms with Crippen molar-refractivity contribution >= 4 is 44.7 Å². The van der Waals surface area contributed by atoms with E-state index >= 15 is 0 Å². The monoisotopic (exact) mass is 622 g/mol. The van der Waals surface area contributed by atoms with Crippen molar-refractivity contribution in [2.75, 3.05) is 22.9 Å². The molecule has 11 heteroatoms.